The van der Waals surface area contributed by atoms with E-state index in [-0.39, 0.29) is 0 Å². The Morgan fingerprint density at radius 1 is 1.46 bits per heavy atom. The number of aromatic hydroxyl groups is 1. The maximum atomic E-state index is 9.64. The van der Waals surface area contributed by atoms with Gasteiger partial charge in [-0.15, -0.1) is 11.3 Å². The van der Waals surface area contributed by atoms with Crippen molar-refractivity contribution in [3.8, 4) is 5.75 Å². The van der Waals surface area contributed by atoms with E-state index < -0.39 is 0 Å². The first kappa shape index (κ1) is 8.85. The Bertz CT molecular complexity index is 447. The predicted octanol–water partition coefficient (Wildman–Crippen LogP) is 3.82. The lowest BCUT2D eigenvalue weighted by molar-refractivity contribution is 0.481. The number of halogens is 1. The van der Waals surface area contributed by atoms with Crippen molar-refractivity contribution in [1.29, 1.82) is 0 Å². The second-order valence-electron chi connectivity index (χ2n) is 2.86. The molecule has 68 valence electrons. The van der Waals surface area contributed by atoms with Gasteiger partial charge in [-0.05, 0) is 24.1 Å². The first-order valence-corrected chi connectivity index (χ1v) is 5.32. The zero-order valence-electron chi connectivity index (χ0n) is 7.17. The van der Waals surface area contributed by atoms with Gasteiger partial charge in [0.1, 0.15) is 5.75 Å². The molecule has 3 heteroatoms. The first-order valence-electron chi connectivity index (χ1n) is 4.13. The Balaban J connectivity index is 2.88. The van der Waals surface area contributed by atoms with Gasteiger partial charge in [0.15, 0.2) is 0 Å². The minimum absolute atomic E-state index is 0.331. The molecule has 1 heterocycles. The van der Waals surface area contributed by atoms with E-state index >= 15 is 0 Å². The normalized spacial score (nSPS) is 10.9. The number of benzene rings is 1. The van der Waals surface area contributed by atoms with Gasteiger partial charge in [0, 0.05) is 10.1 Å². The van der Waals surface area contributed by atoms with Crippen LogP contribution >= 0.6 is 22.9 Å². The van der Waals surface area contributed by atoms with E-state index in [0.717, 1.165) is 26.4 Å². The molecule has 1 N–H and O–H groups in total. The fourth-order valence-corrected chi connectivity index (χ4v) is 3.00. The van der Waals surface area contributed by atoms with Crippen molar-refractivity contribution < 1.29 is 5.11 Å². The molecular formula is C10H9ClOS. The Kier molecular flexibility index (Phi) is 2.18. The molecule has 0 aliphatic carbocycles. The van der Waals surface area contributed by atoms with Gasteiger partial charge >= 0.3 is 0 Å². The Morgan fingerprint density at radius 2 is 2.23 bits per heavy atom. The lowest BCUT2D eigenvalue weighted by atomic mass is 10.1. The van der Waals surface area contributed by atoms with E-state index in [4.69, 9.17) is 11.6 Å². The van der Waals surface area contributed by atoms with Crippen LogP contribution in [0, 0.1) is 0 Å². The van der Waals surface area contributed by atoms with Crippen LogP contribution in [0.4, 0.5) is 0 Å². The molecule has 0 saturated carbocycles. The molecule has 0 fully saturated rings. The van der Waals surface area contributed by atoms with Crippen molar-refractivity contribution in [1.82, 2.24) is 0 Å². The van der Waals surface area contributed by atoms with Crippen LogP contribution < -0.4 is 0 Å². The van der Waals surface area contributed by atoms with E-state index in [2.05, 4.69) is 0 Å². The molecule has 1 aromatic carbocycles. The summed E-state index contributed by atoms with van der Waals surface area (Å²) in [5.41, 5.74) is 1.06. The summed E-state index contributed by atoms with van der Waals surface area (Å²) in [6.45, 7) is 2.04. The van der Waals surface area contributed by atoms with Crippen molar-refractivity contribution in [3.05, 3.63) is 28.1 Å². The highest BCUT2D eigenvalue weighted by Gasteiger charge is 2.11. The second kappa shape index (κ2) is 3.20. The van der Waals surface area contributed by atoms with Gasteiger partial charge in [-0.25, -0.2) is 0 Å². The Hall–Kier alpha value is -0.730. The summed E-state index contributed by atoms with van der Waals surface area (Å²) in [6.07, 6.45) is 0.858. The fourth-order valence-electron chi connectivity index (χ4n) is 1.48. The number of phenols is 1. The SMILES string of the molecule is CCc1c(Cl)sc2cccc(O)c12. The molecule has 2 rings (SSSR count). The van der Waals surface area contributed by atoms with Crippen molar-refractivity contribution in [2.24, 2.45) is 0 Å². The summed E-state index contributed by atoms with van der Waals surface area (Å²) in [5.74, 6) is 0.331. The molecule has 0 unspecified atom stereocenters. The third-order valence-corrected chi connectivity index (χ3v) is 3.54. The zero-order valence-corrected chi connectivity index (χ0v) is 8.75. The molecule has 2 aromatic rings. The van der Waals surface area contributed by atoms with Crippen LogP contribution in [0.25, 0.3) is 10.1 Å². The van der Waals surface area contributed by atoms with E-state index in [1.165, 1.54) is 11.3 Å². The zero-order chi connectivity index (χ0) is 9.42. The van der Waals surface area contributed by atoms with Crippen LogP contribution in [-0.2, 0) is 6.42 Å². The van der Waals surface area contributed by atoms with Crippen LogP contribution in [0.15, 0.2) is 18.2 Å². The Morgan fingerprint density at radius 3 is 2.92 bits per heavy atom. The summed E-state index contributed by atoms with van der Waals surface area (Å²) < 4.78 is 1.85. The van der Waals surface area contributed by atoms with Crippen LogP contribution in [-0.4, -0.2) is 5.11 Å². The molecule has 0 aliphatic rings. The number of rotatable bonds is 1. The molecule has 0 radical (unpaired) electrons. The van der Waals surface area contributed by atoms with Gasteiger partial charge in [-0.2, -0.15) is 0 Å². The number of hydrogen-bond acceptors (Lipinski definition) is 2. The van der Waals surface area contributed by atoms with Gasteiger partial charge in [-0.3, -0.25) is 0 Å². The monoisotopic (exact) mass is 212 g/mol. The molecule has 0 amide bonds. The van der Waals surface area contributed by atoms with Crippen LogP contribution in [0.3, 0.4) is 0 Å². The third-order valence-electron chi connectivity index (χ3n) is 2.10. The van der Waals surface area contributed by atoms with Crippen molar-refractivity contribution in [3.63, 3.8) is 0 Å². The molecule has 0 aliphatic heterocycles. The third kappa shape index (κ3) is 1.30. The van der Waals surface area contributed by atoms with E-state index in [1.807, 2.05) is 19.1 Å². The van der Waals surface area contributed by atoms with Gasteiger partial charge in [0.25, 0.3) is 0 Å². The van der Waals surface area contributed by atoms with Crippen molar-refractivity contribution >= 4 is 33.0 Å². The molecule has 0 bridgehead atoms. The highest BCUT2D eigenvalue weighted by atomic mass is 35.5. The summed E-state index contributed by atoms with van der Waals surface area (Å²) in [6, 6.07) is 5.51. The quantitative estimate of drug-likeness (QED) is 0.762. The van der Waals surface area contributed by atoms with Crippen LogP contribution in [0.2, 0.25) is 4.34 Å². The summed E-state index contributed by atoms with van der Waals surface area (Å²) in [7, 11) is 0. The van der Waals surface area contributed by atoms with Crippen molar-refractivity contribution in [2.45, 2.75) is 13.3 Å². The number of fused-ring (bicyclic) bond motifs is 1. The van der Waals surface area contributed by atoms with Gasteiger partial charge in [0.2, 0.25) is 0 Å². The van der Waals surface area contributed by atoms with E-state index in [9.17, 15) is 5.11 Å². The summed E-state index contributed by atoms with van der Waals surface area (Å²) in [4.78, 5) is 0. The molecule has 1 nitrogen and oxygen atoms in total. The fraction of sp³-hybridized carbons (Fsp3) is 0.200. The standard InChI is InChI=1S/C10H9ClOS/c1-2-6-9-7(12)4-3-5-8(9)13-10(6)11/h3-5,12H,2H2,1H3. The van der Waals surface area contributed by atoms with Gasteiger partial charge in [-0.1, -0.05) is 24.6 Å². The smallest absolute Gasteiger partial charge is 0.124 e. The summed E-state index contributed by atoms with van der Waals surface area (Å²) >= 11 is 7.57. The molecule has 0 spiro atoms. The number of aryl methyl sites for hydroxylation is 1. The number of hydrogen-bond donors (Lipinski definition) is 1. The summed E-state index contributed by atoms with van der Waals surface area (Å²) in [5, 5.41) is 10.6. The highest BCUT2D eigenvalue weighted by molar-refractivity contribution is 7.23. The first-order chi connectivity index (χ1) is 6.24. The minimum Gasteiger partial charge on any atom is -0.507 e. The predicted molar refractivity (Wildman–Crippen MR) is 57.9 cm³/mol. The molecule has 0 atom stereocenters. The second-order valence-corrected chi connectivity index (χ2v) is 4.51. The number of phenolic OH excluding ortho intramolecular Hbond substituents is 1. The molecule has 13 heavy (non-hydrogen) atoms. The van der Waals surface area contributed by atoms with Gasteiger partial charge < -0.3 is 5.11 Å². The maximum Gasteiger partial charge on any atom is 0.124 e. The Labute approximate surface area is 85.6 Å². The molecule has 1 aromatic heterocycles. The lowest BCUT2D eigenvalue weighted by Crippen LogP contribution is -1.77. The number of thiophene rings is 1. The maximum absolute atomic E-state index is 9.64. The van der Waals surface area contributed by atoms with E-state index in [1.54, 1.807) is 6.07 Å². The molecular weight excluding hydrogens is 204 g/mol. The largest absolute Gasteiger partial charge is 0.507 e. The highest BCUT2D eigenvalue weighted by Crippen LogP contribution is 2.39. The molecule has 0 saturated heterocycles. The van der Waals surface area contributed by atoms with E-state index in [0.29, 0.717) is 5.75 Å². The van der Waals surface area contributed by atoms with Crippen molar-refractivity contribution in [2.75, 3.05) is 0 Å². The van der Waals surface area contributed by atoms with Gasteiger partial charge in [0.05, 0.1) is 4.34 Å². The topological polar surface area (TPSA) is 20.2 Å². The minimum atomic E-state index is 0.331. The average Bonchev–Trinajstić information content (AvgIpc) is 2.42. The van der Waals surface area contributed by atoms with Crippen LogP contribution in [0.5, 0.6) is 5.75 Å². The van der Waals surface area contributed by atoms with Crippen LogP contribution in [0.1, 0.15) is 12.5 Å². The average molecular weight is 213 g/mol. The lowest BCUT2D eigenvalue weighted by Gasteiger charge is -1.97.